The van der Waals surface area contributed by atoms with Gasteiger partial charge in [0.05, 0.1) is 4.92 Å². The summed E-state index contributed by atoms with van der Waals surface area (Å²) in [6.07, 6.45) is 4.74. The predicted octanol–water partition coefficient (Wildman–Crippen LogP) is 1.89. The maximum absolute atomic E-state index is 11.6. The van der Waals surface area contributed by atoms with Crippen LogP contribution in [0.15, 0.2) is 41.5 Å². The van der Waals surface area contributed by atoms with E-state index >= 15 is 0 Å². The van der Waals surface area contributed by atoms with Gasteiger partial charge in [-0.1, -0.05) is 18.2 Å². The van der Waals surface area contributed by atoms with Crippen molar-refractivity contribution in [1.29, 1.82) is 0 Å². The Morgan fingerprint density at radius 1 is 1.47 bits per heavy atom. The van der Waals surface area contributed by atoms with E-state index in [2.05, 4.69) is 10.5 Å². The molecule has 0 atom stereocenters. The topological polar surface area (TPSA) is 84.6 Å². The summed E-state index contributed by atoms with van der Waals surface area (Å²) in [6, 6.07) is 5.69. The van der Waals surface area contributed by atoms with Crippen LogP contribution in [0.1, 0.15) is 17.3 Å². The lowest BCUT2D eigenvalue weighted by Crippen LogP contribution is -2.18. The predicted molar refractivity (Wildman–Crippen MR) is 63.9 cm³/mol. The molecule has 1 N–H and O–H groups in total. The van der Waals surface area contributed by atoms with Crippen molar-refractivity contribution in [3.8, 4) is 0 Å². The van der Waals surface area contributed by atoms with E-state index in [0.29, 0.717) is 0 Å². The highest BCUT2D eigenvalue weighted by atomic mass is 16.6. The van der Waals surface area contributed by atoms with E-state index in [0.717, 1.165) is 0 Å². The van der Waals surface area contributed by atoms with Crippen LogP contribution in [0.4, 0.5) is 5.69 Å². The Balaban J connectivity index is 2.85. The van der Waals surface area contributed by atoms with Crippen LogP contribution < -0.4 is 5.43 Å². The highest BCUT2D eigenvalue weighted by molar-refractivity contribution is 5.98. The monoisotopic (exact) mass is 233 g/mol. The molecule has 0 aliphatic rings. The van der Waals surface area contributed by atoms with Gasteiger partial charge in [-0.05, 0) is 19.1 Å². The lowest BCUT2D eigenvalue weighted by molar-refractivity contribution is -0.385. The fraction of sp³-hybridized carbons (Fsp3) is 0.0909. The fourth-order valence-corrected chi connectivity index (χ4v) is 1.11. The van der Waals surface area contributed by atoms with Crippen LogP contribution in [-0.2, 0) is 0 Å². The number of hydrogen-bond acceptors (Lipinski definition) is 4. The average Bonchev–Trinajstić information content (AvgIpc) is 2.34. The van der Waals surface area contributed by atoms with Crippen molar-refractivity contribution in [2.24, 2.45) is 5.10 Å². The minimum Gasteiger partial charge on any atom is -0.267 e. The molecule has 6 heteroatoms. The number of nitrogens with one attached hydrogen (secondary N) is 1. The van der Waals surface area contributed by atoms with Crippen molar-refractivity contribution in [3.05, 3.63) is 52.1 Å². The minimum atomic E-state index is -0.613. The first-order valence-electron chi connectivity index (χ1n) is 4.85. The first-order chi connectivity index (χ1) is 8.16. The van der Waals surface area contributed by atoms with Gasteiger partial charge >= 0.3 is 0 Å². The molecule has 0 unspecified atom stereocenters. The number of hydrogen-bond donors (Lipinski definition) is 1. The number of hydrazone groups is 1. The molecule has 6 nitrogen and oxygen atoms in total. The van der Waals surface area contributed by atoms with Gasteiger partial charge in [0.1, 0.15) is 5.56 Å². The van der Waals surface area contributed by atoms with Crippen LogP contribution in [0, 0.1) is 10.1 Å². The number of carbonyl (C=O) groups is 1. The van der Waals surface area contributed by atoms with Gasteiger partial charge in [-0.15, -0.1) is 0 Å². The maximum atomic E-state index is 11.6. The Kier molecular flexibility index (Phi) is 4.56. The van der Waals surface area contributed by atoms with Crippen LogP contribution in [0.3, 0.4) is 0 Å². The van der Waals surface area contributed by atoms with E-state index < -0.39 is 10.8 Å². The summed E-state index contributed by atoms with van der Waals surface area (Å²) in [7, 11) is 0. The summed E-state index contributed by atoms with van der Waals surface area (Å²) in [5.41, 5.74) is 1.94. The SMILES string of the molecule is CC=CC=NNC(=O)c1ccccc1[N+](=O)[O-]. The summed E-state index contributed by atoms with van der Waals surface area (Å²) in [5.74, 6) is -0.613. The number of para-hydroxylation sites is 1. The third kappa shape index (κ3) is 3.53. The highest BCUT2D eigenvalue weighted by Gasteiger charge is 2.18. The molecule has 88 valence electrons. The number of carbonyl (C=O) groups excluding carboxylic acids is 1. The highest BCUT2D eigenvalue weighted by Crippen LogP contribution is 2.16. The van der Waals surface area contributed by atoms with E-state index in [1.165, 1.54) is 24.4 Å². The van der Waals surface area contributed by atoms with Crippen LogP contribution in [0.5, 0.6) is 0 Å². The van der Waals surface area contributed by atoms with E-state index in [1.807, 2.05) is 0 Å². The van der Waals surface area contributed by atoms with Crippen molar-refractivity contribution in [1.82, 2.24) is 5.43 Å². The molecular formula is C11H11N3O3. The summed E-state index contributed by atoms with van der Waals surface area (Å²) in [6.45, 7) is 1.80. The third-order valence-corrected chi connectivity index (χ3v) is 1.86. The van der Waals surface area contributed by atoms with Gasteiger partial charge in [-0.25, -0.2) is 5.43 Å². The molecule has 0 saturated heterocycles. The zero-order valence-electron chi connectivity index (χ0n) is 9.16. The van der Waals surface area contributed by atoms with Gasteiger partial charge in [-0.2, -0.15) is 5.10 Å². The lowest BCUT2D eigenvalue weighted by Gasteiger charge is -2.00. The first-order valence-corrected chi connectivity index (χ1v) is 4.85. The largest absolute Gasteiger partial charge is 0.282 e. The standard InChI is InChI=1S/C11H11N3O3/c1-2-3-8-12-13-11(15)9-6-4-5-7-10(9)14(16)17/h2-8H,1H3,(H,13,15). The van der Waals surface area contributed by atoms with E-state index in [9.17, 15) is 14.9 Å². The Morgan fingerprint density at radius 3 is 2.82 bits per heavy atom. The van der Waals surface area contributed by atoms with Crippen LogP contribution >= 0.6 is 0 Å². The number of rotatable bonds is 4. The fourth-order valence-electron chi connectivity index (χ4n) is 1.11. The van der Waals surface area contributed by atoms with Crippen molar-refractivity contribution in [2.75, 3.05) is 0 Å². The van der Waals surface area contributed by atoms with Crippen LogP contribution in [0.2, 0.25) is 0 Å². The van der Waals surface area contributed by atoms with E-state index in [-0.39, 0.29) is 11.3 Å². The summed E-state index contributed by atoms with van der Waals surface area (Å²) in [5, 5.41) is 14.3. The molecule has 1 aromatic rings. The van der Waals surface area contributed by atoms with E-state index in [1.54, 1.807) is 25.1 Å². The molecule has 0 spiro atoms. The molecule has 0 heterocycles. The minimum absolute atomic E-state index is 0.0184. The van der Waals surface area contributed by atoms with Crippen molar-refractivity contribution in [2.45, 2.75) is 6.92 Å². The van der Waals surface area contributed by atoms with E-state index in [4.69, 9.17) is 0 Å². The van der Waals surface area contributed by atoms with Gasteiger partial charge in [0, 0.05) is 12.3 Å². The molecule has 0 radical (unpaired) electrons. The average molecular weight is 233 g/mol. The van der Waals surface area contributed by atoms with Gasteiger partial charge in [0.15, 0.2) is 0 Å². The van der Waals surface area contributed by atoms with Crippen molar-refractivity contribution < 1.29 is 9.72 Å². The van der Waals surface area contributed by atoms with Gasteiger partial charge in [0.25, 0.3) is 11.6 Å². The number of nitrogens with zero attached hydrogens (tertiary/aromatic N) is 2. The normalized spacial score (nSPS) is 10.9. The number of nitro benzene ring substituents is 1. The molecule has 0 aliphatic heterocycles. The first kappa shape index (κ1) is 12.6. The molecule has 0 aromatic heterocycles. The zero-order chi connectivity index (χ0) is 12.7. The Hall–Kier alpha value is -2.50. The smallest absolute Gasteiger partial charge is 0.267 e. The second-order valence-electron chi connectivity index (χ2n) is 3.02. The zero-order valence-corrected chi connectivity index (χ0v) is 9.16. The molecule has 0 saturated carbocycles. The third-order valence-electron chi connectivity index (χ3n) is 1.86. The quantitative estimate of drug-likeness (QED) is 0.489. The second kappa shape index (κ2) is 6.16. The number of nitro groups is 1. The molecule has 17 heavy (non-hydrogen) atoms. The number of allylic oxidation sites excluding steroid dienone is 2. The molecule has 0 aliphatic carbocycles. The Morgan fingerprint density at radius 2 is 2.18 bits per heavy atom. The molecular weight excluding hydrogens is 222 g/mol. The van der Waals surface area contributed by atoms with Crippen LogP contribution in [-0.4, -0.2) is 17.0 Å². The molecule has 0 bridgehead atoms. The number of amides is 1. The molecule has 1 rings (SSSR count). The summed E-state index contributed by atoms with van der Waals surface area (Å²) < 4.78 is 0. The van der Waals surface area contributed by atoms with Gasteiger partial charge in [-0.3, -0.25) is 14.9 Å². The second-order valence-corrected chi connectivity index (χ2v) is 3.02. The lowest BCUT2D eigenvalue weighted by atomic mass is 10.2. The summed E-state index contributed by atoms with van der Waals surface area (Å²) >= 11 is 0. The molecule has 1 aromatic carbocycles. The molecule has 0 fully saturated rings. The Labute approximate surface area is 97.8 Å². The number of benzene rings is 1. The maximum Gasteiger partial charge on any atom is 0.282 e. The van der Waals surface area contributed by atoms with Crippen molar-refractivity contribution >= 4 is 17.8 Å². The van der Waals surface area contributed by atoms with Crippen molar-refractivity contribution in [3.63, 3.8) is 0 Å². The summed E-state index contributed by atoms with van der Waals surface area (Å²) in [4.78, 5) is 21.7. The Bertz CT molecular complexity index is 481. The van der Waals surface area contributed by atoms with Crippen LogP contribution in [0.25, 0.3) is 0 Å². The molecule has 1 amide bonds. The van der Waals surface area contributed by atoms with Gasteiger partial charge < -0.3 is 0 Å². The van der Waals surface area contributed by atoms with Gasteiger partial charge in [0.2, 0.25) is 0 Å².